The van der Waals surface area contributed by atoms with Crippen molar-refractivity contribution in [1.29, 1.82) is 0 Å². The SMILES string of the molecule is CN1c2ccccc2[C@@](O)(C(F)(F)F)[C@@H]1CCc1ccccc1. The third-order valence-corrected chi connectivity index (χ3v) is 4.63. The summed E-state index contributed by atoms with van der Waals surface area (Å²) < 4.78 is 41.1. The molecule has 0 amide bonds. The Hall–Kier alpha value is -2.01. The van der Waals surface area contributed by atoms with Crippen molar-refractivity contribution in [2.75, 3.05) is 11.9 Å². The summed E-state index contributed by atoms with van der Waals surface area (Å²) in [5.41, 5.74) is -1.51. The first kappa shape index (κ1) is 15.9. The van der Waals surface area contributed by atoms with Gasteiger partial charge in [0.05, 0.1) is 6.04 Å². The number of rotatable bonds is 3. The zero-order valence-corrected chi connectivity index (χ0v) is 12.7. The highest BCUT2D eigenvalue weighted by molar-refractivity contribution is 5.63. The third-order valence-electron chi connectivity index (χ3n) is 4.63. The van der Waals surface area contributed by atoms with Crippen LogP contribution in [0.1, 0.15) is 17.5 Å². The summed E-state index contributed by atoms with van der Waals surface area (Å²) in [6.07, 6.45) is -4.04. The van der Waals surface area contributed by atoms with Gasteiger partial charge in [-0.2, -0.15) is 13.2 Å². The van der Waals surface area contributed by atoms with Crippen LogP contribution in [0.15, 0.2) is 54.6 Å². The predicted octanol–water partition coefficient (Wildman–Crippen LogP) is 3.89. The van der Waals surface area contributed by atoms with Crippen molar-refractivity contribution in [1.82, 2.24) is 0 Å². The van der Waals surface area contributed by atoms with Gasteiger partial charge in [-0.1, -0.05) is 48.5 Å². The molecular weight excluding hydrogens is 303 g/mol. The molecule has 0 saturated heterocycles. The van der Waals surface area contributed by atoms with Gasteiger partial charge in [0.1, 0.15) is 0 Å². The lowest BCUT2D eigenvalue weighted by molar-refractivity contribution is -0.271. The van der Waals surface area contributed by atoms with E-state index in [-0.39, 0.29) is 12.0 Å². The molecule has 0 bridgehead atoms. The third kappa shape index (κ3) is 2.49. The molecule has 0 spiro atoms. The van der Waals surface area contributed by atoms with E-state index in [1.54, 1.807) is 24.1 Å². The molecule has 0 radical (unpaired) electrons. The van der Waals surface area contributed by atoms with Gasteiger partial charge >= 0.3 is 6.18 Å². The Bertz CT molecular complexity index is 686. The van der Waals surface area contributed by atoms with Gasteiger partial charge in [0, 0.05) is 18.3 Å². The Balaban J connectivity index is 1.95. The van der Waals surface area contributed by atoms with Gasteiger partial charge in [-0.15, -0.1) is 0 Å². The summed E-state index contributed by atoms with van der Waals surface area (Å²) in [4.78, 5) is 1.55. The number of aliphatic hydroxyl groups is 1. The van der Waals surface area contributed by atoms with Crippen LogP contribution in [0.5, 0.6) is 0 Å². The van der Waals surface area contributed by atoms with Crippen molar-refractivity contribution in [3.8, 4) is 0 Å². The fraction of sp³-hybridized carbons (Fsp3) is 0.333. The topological polar surface area (TPSA) is 23.5 Å². The maximum atomic E-state index is 13.7. The number of halogens is 3. The van der Waals surface area contributed by atoms with Crippen molar-refractivity contribution >= 4 is 5.69 Å². The summed E-state index contributed by atoms with van der Waals surface area (Å²) in [7, 11) is 1.61. The minimum absolute atomic E-state index is 0.0620. The monoisotopic (exact) mass is 321 g/mol. The van der Waals surface area contributed by atoms with Gasteiger partial charge in [-0.25, -0.2) is 0 Å². The van der Waals surface area contributed by atoms with E-state index < -0.39 is 17.8 Å². The fourth-order valence-corrected chi connectivity index (χ4v) is 3.42. The predicted molar refractivity (Wildman–Crippen MR) is 83.3 cm³/mol. The number of aryl methyl sites for hydroxylation is 1. The number of alkyl halides is 3. The molecule has 1 aliphatic heterocycles. The van der Waals surface area contributed by atoms with Crippen molar-refractivity contribution in [3.63, 3.8) is 0 Å². The van der Waals surface area contributed by atoms with Crippen LogP contribution in [0, 0.1) is 0 Å². The van der Waals surface area contributed by atoms with Gasteiger partial charge in [-0.05, 0) is 24.5 Å². The standard InChI is InChI=1S/C18H18F3NO/c1-22-15-10-6-5-9-14(15)17(23,18(19,20)21)16(22)12-11-13-7-3-2-4-8-13/h2-10,16,23H,11-12H2,1H3/t16-,17-/m0/s1. The molecule has 122 valence electrons. The molecule has 0 unspecified atom stereocenters. The minimum Gasteiger partial charge on any atom is -0.375 e. The Morgan fingerprint density at radius 2 is 1.65 bits per heavy atom. The van der Waals surface area contributed by atoms with E-state index in [1.807, 2.05) is 30.3 Å². The van der Waals surface area contributed by atoms with Gasteiger partial charge in [0.15, 0.2) is 0 Å². The quantitative estimate of drug-likeness (QED) is 0.927. The van der Waals surface area contributed by atoms with Crippen LogP contribution < -0.4 is 4.90 Å². The number of para-hydroxylation sites is 1. The molecule has 2 aromatic carbocycles. The fourth-order valence-electron chi connectivity index (χ4n) is 3.42. The van der Waals surface area contributed by atoms with Crippen LogP contribution >= 0.6 is 0 Å². The van der Waals surface area contributed by atoms with E-state index in [0.717, 1.165) is 5.56 Å². The van der Waals surface area contributed by atoms with Crippen LogP contribution in [-0.4, -0.2) is 24.4 Å². The molecule has 1 heterocycles. The lowest BCUT2D eigenvalue weighted by Gasteiger charge is -2.35. The Morgan fingerprint density at radius 3 is 2.30 bits per heavy atom. The number of nitrogens with zero attached hydrogens (tertiary/aromatic N) is 1. The maximum absolute atomic E-state index is 13.7. The normalized spacial score (nSPS) is 23.9. The summed E-state index contributed by atoms with van der Waals surface area (Å²) in [5.74, 6) is 0. The highest BCUT2D eigenvalue weighted by Crippen LogP contribution is 2.52. The molecule has 3 rings (SSSR count). The van der Waals surface area contributed by atoms with Crippen molar-refractivity contribution in [2.45, 2.75) is 30.7 Å². The van der Waals surface area contributed by atoms with E-state index >= 15 is 0 Å². The number of fused-ring (bicyclic) bond motifs is 1. The molecule has 2 nitrogen and oxygen atoms in total. The molecule has 0 aromatic heterocycles. The molecule has 1 aliphatic rings. The zero-order valence-electron chi connectivity index (χ0n) is 12.7. The molecule has 5 heteroatoms. The first-order valence-electron chi connectivity index (χ1n) is 7.51. The zero-order chi connectivity index (χ0) is 16.7. The Labute approximate surface area is 133 Å². The molecule has 0 saturated carbocycles. The first-order chi connectivity index (χ1) is 10.9. The van der Waals surface area contributed by atoms with Crippen LogP contribution in [0.2, 0.25) is 0 Å². The number of hydrogen-bond donors (Lipinski definition) is 1. The minimum atomic E-state index is -4.73. The lowest BCUT2D eigenvalue weighted by Crippen LogP contribution is -2.53. The number of likely N-dealkylation sites (N-methyl/N-ethyl adjacent to an activating group) is 1. The van der Waals surface area contributed by atoms with E-state index in [9.17, 15) is 18.3 Å². The van der Waals surface area contributed by atoms with Crippen LogP contribution in [0.3, 0.4) is 0 Å². The Kier molecular flexibility index (Phi) is 3.84. The largest absolute Gasteiger partial charge is 0.423 e. The molecule has 0 fully saturated rings. The van der Waals surface area contributed by atoms with Gasteiger partial charge in [0.2, 0.25) is 5.60 Å². The number of hydrogen-bond acceptors (Lipinski definition) is 2. The van der Waals surface area contributed by atoms with Crippen molar-refractivity contribution in [2.24, 2.45) is 0 Å². The highest BCUT2D eigenvalue weighted by atomic mass is 19.4. The smallest absolute Gasteiger partial charge is 0.375 e. The summed E-state index contributed by atoms with van der Waals surface area (Å²) in [6, 6.07) is 14.5. The summed E-state index contributed by atoms with van der Waals surface area (Å²) >= 11 is 0. The second kappa shape index (κ2) is 5.57. The molecule has 2 atom stereocenters. The lowest BCUT2D eigenvalue weighted by atomic mass is 9.85. The molecule has 2 aromatic rings. The van der Waals surface area contributed by atoms with Crippen molar-refractivity contribution in [3.05, 3.63) is 65.7 Å². The molecular formula is C18H18F3NO. The number of benzene rings is 2. The average molecular weight is 321 g/mol. The second-order valence-corrected chi connectivity index (χ2v) is 5.93. The van der Waals surface area contributed by atoms with E-state index in [1.165, 1.54) is 12.1 Å². The van der Waals surface area contributed by atoms with E-state index in [2.05, 4.69) is 0 Å². The Morgan fingerprint density at radius 1 is 1.04 bits per heavy atom. The van der Waals surface area contributed by atoms with Crippen LogP contribution in [0.4, 0.5) is 18.9 Å². The molecule has 1 N–H and O–H groups in total. The number of anilines is 1. The van der Waals surface area contributed by atoms with Crippen molar-refractivity contribution < 1.29 is 18.3 Å². The maximum Gasteiger partial charge on any atom is 0.423 e. The summed E-state index contributed by atoms with van der Waals surface area (Å²) in [6.45, 7) is 0. The summed E-state index contributed by atoms with van der Waals surface area (Å²) in [5, 5.41) is 10.6. The molecule has 0 aliphatic carbocycles. The van der Waals surface area contributed by atoms with E-state index in [0.29, 0.717) is 12.1 Å². The highest BCUT2D eigenvalue weighted by Gasteiger charge is 2.64. The van der Waals surface area contributed by atoms with E-state index in [4.69, 9.17) is 0 Å². The average Bonchev–Trinajstić information content (AvgIpc) is 2.76. The van der Waals surface area contributed by atoms with Crippen LogP contribution in [-0.2, 0) is 12.0 Å². The first-order valence-corrected chi connectivity index (χ1v) is 7.51. The second-order valence-electron chi connectivity index (χ2n) is 5.93. The van der Waals surface area contributed by atoms with Gasteiger partial charge in [-0.3, -0.25) is 0 Å². The van der Waals surface area contributed by atoms with Crippen LogP contribution in [0.25, 0.3) is 0 Å². The molecule has 23 heavy (non-hydrogen) atoms. The van der Waals surface area contributed by atoms with Gasteiger partial charge < -0.3 is 10.0 Å². The van der Waals surface area contributed by atoms with Gasteiger partial charge in [0.25, 0.3) is 0 Å².